The molecule has 0 aliphatic heterocycles. The van der Waals surface area contributed by atoms with Crippen LogP contribution in [0.4, 0.5) is 10.9 Å². The first kappa shape index (κ1) is 14.7. The van der Waals surface area contributed by atoms with Crippen LogP contribution in [-0.4, -0.2) is 18.4 Å². The third-order valence-electron chi connectivity index (χ3n) is 2.56. The van der Waals surface area contributed by atoms with Crippen molar-refractivity contribution in [1.29, 1.82) is 0 Å². The van der Waals surface area contributed by atoms with Crippen molar-refractivity contribution < 1.29 is 8.42 Å². The van der Waals surface area contributed by atoms with Gasteiger partial charge in [0.2, 0.25) is 0 Å². The molecule has 0 radical (unpaired) electrons. The van der Waals surface area contributed by atoms with Crippen LogP contribution in [0, 0.1) is 0 Å². The first-order valence-corrected chi connectivity index (χ1v) is 8.25. The molecule has 0 aliphatic carbocycles. The maximum Gasteiger partial charge on any atom is 0.263 e. The van der Waals surface area contributed by atoms with E-state index in [0.717, 1.165) is 5.69 Å². The minimum atomic E-state index is -3.69. The molecule has 20 heavy (non-hydrogen) atoms. The van der Waals surface area contributed by atoms with E-state index in [1.54, 1.807) is 0 Å². The second-order valence-corrected chi connectivity index (χ2v) is 7.85. The van der Waals surface area contributed by atoms with Crippen molar-refractivity contribution in [2.24, 2.45) is 0 Å². The topological polar surface area (TPSA) is 98.0 Å². The Morgan fingerprint density at radius 3 is 2.60 bits per heavy atom. The molecule has 0 aliphatic rings. The zero-order chi connectivity index (χ0) is 15.0. The average molecular weight is 312 g/mol. The normalized spacial score (nSPS) is 12.3. The number of anilines is 2. The molecule has 0 saturated heterocycles. The second kappa shape index (κ2) is 5.02. The number of rotatable bonds is 3. The van der Waals surface area contributed by atoms with Gasteiger partial charge >= 0.3 is 0 Å². The predicted octanol–water partition coefficient (Wildman–Crippen LogP) is 2.22. The quantitative estimate of drug-likeness (QED) is 0.905. The van der Waals surface area contributed by atoms with Gasteiger partial charge in [0.1, 0.15) is 5.82 Å². The van der Waals surface area contributed by atoms with Crippen LogP contribution in [-0.2, 0) is 15.4 Å². The van der Waals surface area contributed by atoms with Crippen molar-refractivity contribution in [1.82, 2.24) is 9.97 Å². The standard InChI is InChI=1S/C12H16N4O2S2/c1-12(2,3)9-7-19-11(15-9)16-20(17,18)8-4-5-14-10(13)6-8/h4-7H,1-3H3,(H2,13,14)(H,15,16). The van der Waals surface area contributed by atoms with Crippen LogP contribution < -0.4 is 10.5 Å². The molecule has 6 nitrogen and oxygen atoms in total. The number of nitrogen functional groups attached to an aromatic ring is 1. The number of sulfonamides is 1. The highest BCUT2D eigenvalue weighted by Crippen LogP contribution is 2.27. The summed E-state index contributed by atoms with van der Waals surface area (Å²) in [4.78, 5) is 8.13. The minimum Gasteiger partial charge on any atom is -0.384 e. The highest BCUT2D eigenvalue weighted by molar-refractivity contribution is 7.93. The molecule has 108 valence electrons. The first-order valence-electron chi connectivity index (χ1n) is 5.89. The highest BCUT2D eigenvalue weighted by Gasteiger charge is 2.20. The maximum atomic E-state index is 12.2. The number of thiazole rings is 1. The fourth-order valence-electron chi connectivity index (χ4n) is 1.43. The van der Waals surface area contributed by atoms with E-state index in [9.17, 15) is 8.42 Å². The molecule has 0 saturated carbocycles. The third-order valence-corrected chi connectivity index (χ3v) is 4.78. The van der Waals surface area contributed by atoms with Gasteiger partial charge in [-0.25, -0.2) is 18.4 Å². The van der Waals surface area contributed by atoms with Crippen LogP contribution in [0.25, 0.3) is 0 Å². The van der Waals surface area contributed by atoms with E-state index in [-0.39, 0.29) is 16.1 Å². The van der Waals surface area contributed by atoms with E-state index in [2.05, 4.69) is 14.7 Å². The molecule has 0 amide bonds. The first-order chi connectivity index (χ1) is 9.18. The van der Waals surface area contributed by atoms with Gasteiger partial charge in [0.15, 0.2) is 5.13 Å². The van der Waals surface area contributed by atoms with Gasteiger partial charge in [0.05, 0.1) is 10.6 Å². The molecule has 0 atom stereocenters. The molecule has 0 bridgehead atoms. The molecular weight excluding hydrogens is 296 g/mol. The Morgan fingerprint density at radius 2 is 2.05 bits per heavy atom. The van der Waals surface area contributed by atoms with Gasteiger partial charge < -0.3 is 5.73 Å². The summed E-state index contributed by atoms with van der Waals surface area (Å²) in [7, 11) is -3.69. The van der Waals surface area contributed by atoms with E-state index in [1.165, 1.54) is 29.7 Å². The Bertz CT molecular complexity index is 717. The Labute approximate surface area is 122 Å². The van der Waals surface area contributed by atoms with Crippen molar-refractivity contribution >= 4 is 32.3 Å². The van der Waals surface area contributed by atoms with Gasteiger partial charge in [0, 0.05) is 23.1 Å². The summed E-state index contributed by atoms with van der Waals surface area (Å²) in [6.45, 7) is 6.05. The third kappa shape index (κ3) is 3.26. The summed E-state index contributed by atoms with van der Waals surface area (Å²) in [6, 6.07) is 2.69. The zero-order valence-electron chi connectivity index (χ0n) is 11.4. The summed E-state index contributed by atoms with van der Waals surface area (Å²) < 4.78 is 26.8. The van der Waals surface area contributed by atoms with Gasteiger partial charge in [-0.2, -0.15) is 0 Å². The van der Waals surface area contributed by atoms with Gasteiger partial charge in [-0.1, -0.05) is 20.8 Å². The number of pyridine rings is 1. The fourth-order valence-corrected chi connectivity index (χ4v) is 3.65. The number of nitrogens with two attached hydrogens (primary N) is 1. The van der Waals surface area contributed by atoms with Crippen molar-refractivity contribution in [3.05, 3.63) is 29.4 Å². The van der Waals surface area contributed by atoms with Crippen molar-refractivity contribution in [2.75, 3.05) is 10.5 Å². The molecule has 0 spiro atoms. The van der Waals surface area contributed by atoms with Crippen molar-refractivity contribution in [3.8, 4) is 0 Å². The average Bonchev–Trinajstić information content (AvgIpc) is 2.76. The molecule has 0 unspecified atom stereocenters. The molecule has 8 heteroatoms. The maximum absolute atomic E-state index is 12.2. The highest BCUT2D eigenvalue weighted by atomic mass is 32.2. The summed E-state index contributed by atoms with van der Waals surface area (Å²) in [6.07, 6.45) is 1.35. The number of hydrogen-bond acceptors (Lipinski definition) is 6. The van der Waals surface area contributed by atoms with Crippen LogP contribution in [0.1, 0.15) is 26.5 Å². The van der Waals surface area contributed by atoms with Crippen LogP contribution in [0.5, 0.6) is 0 Å². The molecule has 2 heterocycles. The lowest BCUT2D eigenvalue weighted by Gasteiger charge is -2.14. The lowest BCUT2D eigenvalue weighted by atomic mass is 9.93. The number of aromatic nitrogens is 2. The van der Waals surface area contributed by atoms with Gasteiger partial charge in [0.25, 0.3) is 10.0 Å². The Morgan fingerprint density at radius 1 is 1.35 bits per heavy atom. The lowest BCUT2D eigenvalue weighted by Crippen LogP contribution is -2.15. The van der Waals surface area contributed by atoms with E-state index >= 15 is 0 Å². The largest absolute Gasteiger partial charge is 0.384 e. The molecular formula is C12H16N4O2S2. The van der Waals surface area contributed by atoms with Crippen molar-refractivity contribution in [3.63, 3.8) is 0 Å². The Kier molecular flexibility index (Phi) is 3.70. The van der Waals surface area contributed by atoms with E-state index in [1.807, 2.05) is 26.2 Å². The van der Waals surface area contributed by atoms with Crippen LogP contribution in [0.2, 0.25) is 0 Å². The van der Waals surface area contributed by atoms with Gasteiger partial charge in [-0.05, 0) is 6.07 Å². The number of nitrogens with one attached hydrogen (secondary N) is 1. The smallest absolute Gasteiger partial charge is 0.263 e. The molecule has 0 fully saturated rings. The van der Waals surface area contributed by atoms with Gasteiger partial charge in [-0.3, -0.25) is 4.72 Å². The fraction of sp³-hybridized carbons (Fsp3) is 0.333. The summed E-state index contributed by atoms with van der Waals surface area (Å²) >= 11 is 1.25. The monoisotopic (exact) mass is 312 g/mol. The summed E-state index contributed by atoms with van der Waals surface area (Å²) in [5.74, 6) is 0.155. The lowest BCUT2D eigenvalue weighted by molar-refractivity contribution is 0.573. The number of hydrogen-bond donors (Lipinski definition) is 2. The molecule has 2 aromatic heterocycles. The molecule has 2 rings (SSSR count). The van der Waals surface area contributed by atoms with Crippen molar-refractivity contribution in [2.45, 2.75) is 31.1 Å². The summed E-state index contributed by atoms with van der Waals surface area (Å²) in [5, 5.41) is 2.18. The number of nitrogens with zero attached hydrogens (tertiary/aromatic N) is 2. The molecule has 2 aromatic rings. The Balaban J connectivity index is 2.27. The van der Waals surface area contributed by atoms with Gasteiger partial charge in [-0.15, -0.1) is 11.3 Å². The zero-order valence-corrected chi connectivity index (χ0v) is 13.0. The van der Waals surface area contributed by atoms with Crippen LogP contribution in [0.3, 0.4) is 0 Å². The van der Waals surface area contributed by atoms with Crippen LogP contribution in [0.15, 0.2) is 28.6 Å². The second-order valence-electron chi connectivity index (χ2n) is 5.31. The predicted molar refractivity (Wildman–Crippen MR) is 80.3 cm³/mol. The molecule has 0 aromatic carbocycles. The van der Waals surface area contributed by atoms with E-state index < -0.39 is 10.0 Å². The summed E-state index contributed by atoms with van der Waals surface area (Å²) in [5.41, 5.74) is 6.21. The minimum absolute atomic E-state index is 0.0671. The van der Waals surface area contributed by atoms with E-state index in [4.69, 9.17) is 5.73 Å². The molecule has 3 N–H and O–H groups in total. The van der Waals surface area contributed by atoms with Crippen LogP contribution >= 0.6 is 11.3 Å². The van der Waals surface area contributed by atoms with E-state index in [0.29, 0.717) is 5.13 Å². The SMILES string of the molecule is CC(C)(C)c1csc(NS(=O)(=O)c2ccnc(N)c2)n1. The Hall–Kier alpha value is -1.67.